The number of nitrogens with zero attached hydrogens (tertiary/aromatic N) is 1. The highest BCUT2D eigenvalue weighted by Crippen LogP contribution is 2.40. The largest absolute Gasteiger partial charge is 0.329 e. The van der Waals surface area contributed by atoms with Crippen molar-refractivity contribution in [2.75, 3.05) is 19.6 Å². The van der Waals surface area contributed by atoms with Gasteiger partial charge >= 0.3 is 0 Å². The Morgan fingerprint density at radius 1 is 1.10 bits per heavy atom. The summed E-state index contributed by atoms with van der Waals surface area (Å²) in [6, 6.07) is 9.52. The Hall–Kier alpha value is -0.860. The van der Waals surface area contributed by atoms with Gasteiger partial charge in [0.05, 0.1) is 0 Å². The molecule has 0 saturated heterocycles. The third-order valence-corrected chi connectivity index (χ3v) is 4.21. The molecule has 21 heavy (non-hydrogen) atoms. The highest BCUT2D eigenvalue weighted by molar-refractivity contribution is 5.31. The number of hydrogen-bond donors (Lipinski definition) is 1. The van der Waals surface area contributed by atoms with E-state index in [4.69, 9.17) is 5.73 Å². The van der Waals surface area contributed by atoms with Crippen molar-refractivity contribution in [3.05, 3.63) is 35.4 Å². The minimum Gasteiger partial charge on any atom is -0.329 e. The molecule has 0 aromatic heterocycles. The van der Waals surface area contributed by atoms with Crippen LogP contribution in [0.5, 0.6) is 0 Å². The second kappa shape index (κ2) is 7.42. The Balaban J connectivity index is 2.19. The Kier molecular flexibility index (Phi) is 5.83. The van der Waals surface area contributed by atoms with Gasteiger partial charge in [-0.15, -0.1) is 0 Å². The Labute approximate surface area is 130 Å². The molecule has 2 rings (SSSR count). The molecule has 1 atom stereocenters. The van der Waals surface area contributed by atoms with Crippen LogP contribution in [0.15, 0.2) is 24.3 Å². The van der Waals surface area contributed by atoms with Gasteiger partial charge in [-0.25, -0.2) is 0 Å². The molecular weight excluding hydrogens is 256 g/mol. The van der Waals surface area contributed by atoms with Gasteiger partial charge in [-0.2, -0.15) is 0 Å². The highest BCUT2D eigenvalue weighted by Gasteiger charge is 2.26. The van der Waals surface area contributed by atoms with E-state index in [1.807, 2.05) is 0 Å². The molecule has 1 fully saturated rings. The van der Waals surface area contributed by atoms with Crippen molar-refractivity contribution in [2.24, 2.45) is 17.6 Å². The second-order valence-electron chi connectivity index (χ2n) is 7.44. The molecule has 0 spiro atoms. The highest BCUT2D eigenvalue weighted by atomic mass is 15.2. The van der Waals surface area contributed by atoms with E-state index in [9.17, 15) is 0 Å². The first-order chi connectivity index (χ1) is 10.0. The zero-order valence-electron chi connectivity index (χ0n) is 14.2. The molecule has 1 aromatic rings. The molecule has 0 radical (unpaired) electrons. The lowest BCUT2D eigenvalue weighted by Gasteiger charge is -2.34. The Morgan fingerprint density at radius 2 is 1.71 bits per heavy atom. The summed E-state index contributed by atoms with van der Waals surface area (Å²) in [4.78, 5) is 2.58. The molecule has 1 unspecified atom stereocenters. The molecule has 1 saturated carbocycles. The third kappa shape index (κ3) is 4.82. The van der Waals surface area contributed by atoms with Crippen LogP contribution in [0.3, 0.4) is 0 Å². The van der Waals surface area contributed by atoms with E-state index < -0.39 is 0 Å². The van der Waals surface area contributed by atoms with Crippen molar-refractivity contribution in [1.29, 1.82) is 0 Å². The van der Waals surface area contributed by atoms with Crippen LogP contribution in [-0.4, -0.2) is 24.5 Å². The van der Waals surface area contributed by atoms with Gasteiger partial charge < -0.3 is 5.73 Å². The van der Waals surface area contributed by atoms with E-state index >= 15 is 0 Å². The van der Waals surface area contributed by atoms with E-state index in [2.05, 4.69) is 56.9 Å². The molecular formula is C19H32N2. The van der Waals surface area contributed by atoms with Crippen LogP contribution >= 0.6 is 0 Å². The molecule has 2 heteroatoms. The molecule has 0 heterocycles. The van der Waals surface area contributed by atoms with Crippen LogP contribution in [0.2, 0.25) is 0 Å². The van der Waals surface area contributed by atoms with Crippen LogP contribution in [0.25, 0.3) is 0 Å². The van der Waals surface area contributed by atoms with E-state index in [0.29, 0.717) is 24.4 Å². The maximum atomic E-state index is 6.16. The average molecular weight is 288 g/mol. The van der Waals surface area contributed by atoms with Gasteiger partial charge in [-0.1, -0.05) is 52.0 Å². The summed E-state index contributed by atoms with van der Waals surface area (Å²) in [6.45, 7) is 12.1. The Morgan fingerprint density at radius 3 is 2.19 bits per heavy atom. The fraction of sp³-hybridized carbons (Fsp3) is 0.684. The Bertz CT molecular complexity index is 425. The van der Waals surface area contributed by atoms with Gasteiger partial charge in [0.25, 0.3) is 0 Å². The second-order valence-corrected chi connectivity index (χ2v) is 7.44. The summed E-state index contributed by atoms with van der Waals surface area (Å²) in [7, 11) is 0. The van der Waals surface area contributed by atoms with Crippen LogP contribution in [0.4, 0.5) is 0 Å². The first kappa shape index (κ1) is 16.5. The molecule has 0 bridgehead atoms. The van der Waals surface area contributed by atoms with Gasteiger partial charge in [0.15, 0.2) is 0 Å². The zero-order valence-corrected chi connectivity index (χ0v) is 14.2. The van der Waals surface area contributed by atoms with E-state index in [0.717, 1.165) is 19.0 Å². The van der Waals surface area contributed by atoms with Crippen LogP contribution in [0.1, 0.15) is 63.6 Å². The maximum absolute atomic E-state index is 6.16. The molecule has 1 aliphatic carbocycles. The van der Waals surface area contributed by atoms with Crippen molar-refractivity contribution in [3.8, 4) is 0 Å². The normalized spacial score (nSPS) is 17.0. The summed E-state index contributed by atoms with van der Waals surface area (Å²) < 4.78 is 0. The molecule has 0 aliphatic heterocycles. The SMILES string of the molecule is CC(C)CN(CC(C)C)C(CN)c1cccc(C2CC2)c1. The van der Waals surface area contributed by atoms with Crippen LogP contribution < -0.4 is 5.73 Å². The molecule has 1 aliphatic rings. The average Bonchev–Trinajstić information content (AvgIpc) is 3.22. The topological polar surface area (TPSA) is 29.3 Å². The zero-order chi connectivity index (χ0) is 15.4. The van der Waals surface area contributed by atoms with E-state index in [1.165, 1.54) is 24.0 Å². The number of hydrogen-bond acceptors (Lipinski definition) is 2. The van der Waals surface area contributed by atoms with Gasteiger partial charge in [-0.05, 0) is 41.7 Å². The third-order valence-electron chi connectivity index (χ3n) is 4.21. The number of nitrogens with two attached hydrogens (primary N) is 1. The molecule has 2 N–H and O–H groups in total. The molecule has 0 amide bonds. The lowest BCUT2D eigenvalue weighted by atomic mass is 9.98. The number of rotatable bonds is 8. The van der Waals surface area contributed by atoms with Crippen molar-refractivity contribution < 1.29 is 0 Å². The minimum atomic E-state index is 0.355. The van der Waals surface area contributed by atoms with Gasteiger partial charge in [0, 0.05) is 25.7 Å². The quantitative estimate of drug-likeness (QED) is 0.777. The van der Waals surface area contributed by atoms with Gasteiger partial charge in [0.2, 0.25) is 0 Å². The predicted molar refractivity (Wildman–Crippen MR) is 91.5 cm³/mol. The maximum Gasteiger partial charge on any atom is 0.0470 e. The monoisotopic (exact) mass is 288 g/mol. The minimum absolute atomic E-state index is 0.355. The summed E-state index contributed by atoms with van der Waals surface area (Å²) in [6.07, 6.45) is 2.72. The fourth-order valence-corrected chi connectivity index (χ4v) is 3.20. The fourth-order valence-electron chi connectivity index (χ4n) is 3.20. The first-order valence-electron chi connectivity index (χ1n) is 8.55. The summed E-state index contributed by atoms with van der Waals surface area (Å²) in [5, 5.41) is 0. The van der Waals surface area contributed by atoms with Crippen LogP contribution in [-0.2, 0) is 0 Å². The van der Waals surface area contributed by atoms with Crippen molar-refractivity contribution in [1.82, 2.24) is 4.90 Å². The first-order valence-corrected chi connectivity index (χ1v) is 8.55. The number of benzene rings is 1. The van der Waals surface area contributed by atoms with E-state index in [1.54, 1.807) is 0 Å². The standard InChI is InChI=1S/C19H32N2/c1-14(2)12-21(13-15(3)4)19(11-20)18-7-5-6-17(10-18)16-8-9-16/h5-7,10,14-16,19H,8-9,11-13,20H2,1-4H3. The lowest BCUT2D eigenvalue weighted by Crippen LogP contribution is -2.38. The molecule has 118 valence electrons. The van der Waals surface area contributed by atoms with Crippen molar-refractivity contribution in [2.45, 2.75) is 52.5 Å². The lowest BCUT2D eigenvalue weighted by molar-refractivity contribution is 0.160. The van der Waals surface area contributed by atoms with E-state index in [-0.39, 0.29) is 0 Å². The predicted octanol–water partition coefficient (Wildman–Crippen LogP) is 4.18. The summed E-state index contributed by atoms with van der Waals surface area (Å²) >= 11 is 0. The van der Waals surface area contributed by atoms with Crippen LogP contribution in [0, 0.1) is 11.8 Å². The van der Waals surface area contributed by atoms with Gasteiger partial charge in [-0.3, -0.25) is 4.90 Å². The molecule has 1 aromatic carbocycles. The summed E-state index contributed by atoms with van der Waals surface area (Å²) in [5.74, 6) is 2.15. The van der Waals surface area contributed by atoms with Crippen molar-refractivity contribution in [3.63, 3.8) is 0 Å². The van der Waals surface area contributed by atoms with Gasteiger partial charge in [0.1, 0.15) is 0 Å². The van der Waals surface area contributed by atoms with Crippen molar-refractivity contribution >= 4 is 0 Å². The molecule has 2 nitrogen and oxygen atoms in total. The smallest absolute Gasteiger partial charge is 0.0470 e. The summed E-state index contributed by atoms with van der Waals surface area (Å²) in [5.41, 5.74) is 9.08.